The Hall–Kier alpha value is -1.88. The first-order chi connectivity index (χ1) is 6.29. The zero-order chi connectivity index (χ0) is 9.68. The summed E-state index contributed by atoms with van der Waals surface area (Å²) < 4.78 is 0. The smallest absolute Gasteiger partial charge is 0.267 e. The second-order valence-corrected chi connectivity index (χ2v) is 2.28. The van der Waals surface area contributed by atoms with E-state index >= 15 is 0 Å². The van der Waals surface area contributed by atoms with E-state index in [9.17, 15) is 9.59 Å². The van der Waals surface area contributed by atoms with Crippen molar-refractivity contribution in [3.63, 3.8) is 0 Å². The molecule has 0 aliphatic rings. The summed E-state index contributed by atoms with van der Waals surface area (Å²) >= 11 is 0. The van der Waals surface area contributed by atoms with Gasteiger partial charge in [-0.15, -0.1) is 0 Å². The Balaban J connectivity index is 3.03. The summed E-state index contributed by atoms with van der Waals surface area (Å²) in [4.78, 5) is 21.3. The van der Waals surface area contributed by atoms with Gasteiger partial charge in [-0.3, -0.25) is 15.0 Å². The van der Waals surface area contributed by atoms with Crippen LogP contribution in [0.25, 0.3) is 0 Å². The number of para-hydroxylation sites is 1. The van der Waals surface area contributed by atoms with Crippen LogP contribution in [0.15, 0.2) is 24.3 Å². The first-order valence-corrected chi connectivity index (χ1v) is 3.59. The van der Waals surface area contributed by atoms with Crippen molar-refractivity contribution in [3.05, 3.63) is 29.8 Å². The molecule has 0 spiro atoms. The molecule has 0 unspecified atom stereocenters. The summed E-state index contributed by atoms with van der Waals surface area (Å²) in [6, 6.07) is 6.56. The standard InChI is InChI=1S/C8H9N3O2/c9-11-8(13)6-3-1-2-4-7(6)10-5-12/h1-5H,9H2,(H,10,12)(H,11,13). The van der Waals surface area contributed by atoms with Gasteiger partial charge in [0.25, 0.3) is 5.91 Å². The molecule has 0 radical (unpaired) electrons. The Morgan fingerprint density at radius 3 is 2.69 bits per heavy atom. The van der Waals surface area contributed by atoms with Crippen LogP contribution in [0.1, 0.15) is 10.4 Å². The van der Waals surface area contributed by atoms with Crippen molar-refractivity contribution in [1.82, 2.24) is 5.43 Å². The molecule has 0 saturated heterocycles. The van der Waals surface area contributed by atoms with E-state index < -0.39 is 5.91 Å². The van der Waals surface area contributed by atoms with Crippen LogP contribution >= 0.6 is 0 Å². The van der Waals surface area contributed by atoms with Crippen LogP contribution in [-0.4, -0.2) is 12.3 Å². The first-order valence-electron chi connectivity index (χ1n) is 3.59. The van der Waals surface area contributed by atoms with Crippen LogP contribution < -0.4 is 16.6 Å². The number of anilines is 1. The predicted octanol–water partition coefficient (Wildman–Crippen LogP) is -0.142. The molecule has 1 aromatic carbocycles. The highest BCUT2D eigenvalue weighted by atomic mass is 16.2. The summed E-state index contributed by atoms with van der Waals surface area (Å²) in [7, 11) is 0. The van der Waals surface area contributed by atoms with E-state index in [0.29, 0.717) is 17.7 Å². The number of nitrogens with two attached hydrogens (primary N) is 1. The summed E-state index contributed by atoms with van der Waals surface area (Å²) in [6.07, 6.45) is 0.503. The number of nitrogen functional groups attached to an aromatic ring is 1. The number of hydrogen-bond donors (Lipinski definition) is 3. The summed E-state index contributed by atoms with van der Waals surface area (Å²) in [6.45, 7) is 0. The number of amides is 2. The van der Waals surface area contributed by atoms with E-state index in [1.54, 1.807) is 24.3 Å². The highest BCUT2D eigenvalue weighted by molar-refractivity contribution is 6.00. The molecule has 1 aromatic rings. The monoisotopic (exact) mass is 179 g/mol. The summed E-state index contributed by atoms with van der Waals surface area (Å²) in [5.41, 5.74) is 2.75. The number of benzene rings is 1. The van der Waals surface area contributed by atoms with Crippen molar-refractivity contribution in [2.45, 2.75) is 0 Å². The largest absolute Gasteiger partial charge is 0.328 e. The number of hydrogen-bond acceptors (Lipinski definition) is 3. The highest BCUT2D eigenvalue weighted by Gasteiger charge is 2.07. The van der Waals surface area contributed by atoms with Crippen molar-refractivity contribution in [2.24, 2.45) is 5.84 Å². The lowest BCUT2D eigenvalue weighted by Crippen LogP contribution is -2.30. The molecule has 2 amide bonds. The van der Waals surface area contributed by atoms with Crippen LogP contribution in [0, 0.1) is 0 Å². The molecule has 0 aliphatic heterocycles. The van der Waals surface area contributed by atoms with Crippen molar-refractivity contribution in [3.8, 4) is 0 Å². The van der Waals surface area contributed by atoms with Gasteiger partial charge in [-0.2, -0.15) is 0 Å². The second-order valence-electron chi connectivity index (χ2n) is 2.28. The molecule has 0 heterocycles. The van der Waals surface area contributed by atoms with Gasteiger partial charge in [0.2, 0.25) is 6.41 Å². The van der Waals surface area contributed by atoms with Crippen molar-refractivity contribution >= 4 is 18.0 Å². The average molecular weight is 179 g/mol. The fraction of sp³-hybridized carbons (Fsp3) is 0. The minimum atomic E-state index is -0.440. The average Bonchev–Trinajstić information content (AvgIpc) is 2.18. The number of rotatable bonds is 3. The predicted molar refractivity (Wildman–Crippen MR) is 47.8 cm³/mol. The summed E-state index contributed by atoms with van der Waals surface area (Å²) in [5, 5.41) is 2.39. The van der Waals surface area contributed by atoms with Gasteiger partial charge in [0, 0.05) is 0 Å². The van der Waals surface area contributed by atoms with Gasteiger partial charge >= 0.3 is 0 Å². The van der Waals surface area contributed by atoms with E-state index in [2.05, 4.69) is 5.32 Å². The second kappa shape index (κ2) is 4.22. The Kier molecular flexibility index (Phi) is 2.99. The van der Waals surface area contributed by atoms with Crippen LogP contribution in [0.4, 0.5) is 5.69 Å². The van der Waals surface area contributed by atoms with E-state index in [0.717, 1.165) is 0 Å². The van der Waals surface area contributed by atoms with Gasteiger partial charge in [-0.05, 0) is 12.1 Å². The van der Waals surface area contributed by atoms with Gasteiger partial charge in [0.1, 0.15) is 0 Å². The van der Waals surface area contributed by atoms with Crippen LogP contribution in [-0.2, 0) is 4.79 Å². The first kappa shape index (κ1) is 9.21. The molecule has 5 heteroatoms. The fourth-order valence-corrected chi connectivity index (χ4v) is 0.948. The molecular weight excluding hydrogens is 170 g/mol. The van der Waals surface area contributed by atoms with E-state index in [1.165, 1.54) is 0 Å². The van der Waals surface area contributed by atoms with Gasteiger partial charge < -0.3 is 5.32 Å². The third kappa shape index (κ3) is 2.03. The normalized spacial score (nSPS) is 9.00. The Bertz CT molecular complexity index is 325. The molecule has 0 aromatic heterocycles. The van der Waals surface area contributed by atoms with Crippen molar-refractivity contribution < 1.29 is 9.59 Å². The van der Waals surface area contributed by atoms with Gasteiger partial charge in [0.05, 0.1) is 11.3 Å². The minimum Gasteiger partial charge on any atom is -0.328 e. The maximum Gasteiger partial charge on any atom is 0.267 e. The number of carbonyl (C=O) groups excluding carboxylic acids is 2. The Labute approximate surface area is 74.9 Å². The SMILES string of the molecule is NNC(=O)c1ccccc1NC=O. The quantitative estimate of drug-likeness (QED) is 0.261. The van der Waals surface area contributed by atoms with E-state index in [-0.39, 0.29) is 0 Å². The molecule has 0 atom stereocenters. The van der Waals surface area contributed by atoms with Crippen molar-refractivity contribution in [1.29, 1.82) is 0 Å². The maximum atomic E-state index is 11.1. The molecule has 0 bridgehead atoms. The van der Waals surface area contributed by atoms with Gasteiger partial charge in [0.15, 0.2) is 0 Å². The molecule has 13 heavy (non-hydrogen) atoms. The third-order valence-corrected chi connectivity index (χ3v) is 1.52. The lowest BCUT2D eigenvalue weighted by Gasteiger charge is -2.05. The van der Waals surface area contributed by atoms with Crippen molar-refractivity contribution in [2.75, 3.05) is 5.32 Å². The number of hydrazine groups is 1. The highest BCUT2D eigenvalue weighted by Crippen LogP contribution is 2.13. The number of nitrogens with one attached hydrogen (secondary N) is 2. The Morgan fingerprint density at radius 1 is 1.38 bits per heavy atom. The summed E-state index contributed by atoms with van der Waals surface area (Å²) in [5.74, 6) is 4.51. The molecule has 5 nitrogen and oxygen atoms in total. The zero-order valence-electron chi connectivity index (χ0n) is 6.78. The molecule has 0 aliphatic carbocycles. The molecule has 0 fully saturated rings. The lowest BCUT2D eigenvalue weighted by molar-refractivity contribution is -0.105. The molecular formula is C8H9N3O2. The maximum absolute atomic E-state index is 11.1. The third-order valence-electron chi connectivity index (χ3n) is 1.52. The van der Waals surface area contributed by atoms with Crippen LogP contribution in [0.2, 0.25) is 0 Å². The van der Waals surface area contributed by atoms with E-state index in [4.69, 9.17) is 5.84 Å². The van der Waals surface area contributed by atoms with Gasteiger partial charge in [-0.1, -0.05) is 12.1 Å². The molecule has 68 valence electrons. The lowest BCUT2D eigenvalue weighted by atomic mass is 10.1. The van der Waals surface area contributed by atoms with Gasteiger partial charge in [-0.25, -0.2) is 5.84 Å². The minimum absolute atomic E-state index is 0.331. The fourth-order valence-electron chi connectivity index (χ4n) is 0.948. The topological polar surface area (TPSA) is 84.2 Å². The molecule has 1 rings (SSSR count). The Morgan fingerprint density at radius 2 is 2.08 bits per heavy atom. The van der Waals surface area contributed by atoms with Crippen LogP contribution in [0.5, 0.6) is 0 Å². The zero-order valence-corrected chi connectivity index (χ0v) is 6.78. The van der Waals surface area contributed by atoms with Crippen LogP contribution in [0.3, 0.4) is 0 Å². The molecule has 4 N–H and O–H groups in total. The molecule has 0 saturated carbocycles. The number of carbonyl (C=O) groups is 2. The van der Waals surface area contributed by atoms with E-state index in [1.807, 2.05) is 5.43 Å².